The van der Waals surface area contributed by atoms with Crippen LogP contribution in [0.5, 0.6) is 0 Å². The molecule has 0 bridgehead atoms. The van der Waals surface area contributed by atoms with E-state index in [1.165, 1.54) is 16.6 Å². The molecule has 1 aromatic heterocycles. The summed E-state index contributed by atoms with van der Waals surface area (Å²) < 4.78 is 3.39. The first-order valence-corrected chi connectivity index (χ1v) is 8.27. The van der Waals surface area contributed by atoms with Crippen LogP contribution >= 0.6 is 27.5 Å². The van der Waals surface area contributed by atoms with E-state index in [0.29, 0.717) is 5.88 Å². The SMILES string of the molecule is Cc1ccc2nc(CCCl)n(Cc3ccccc3Br)c2c1. The van der Waals surface area contributed by atoms with Gasteiger partial charge in [-0.15, -0.1) is 11.6 Å². The Morgan fingerprint density at radius 2 is 2.00 bits per heavy atom. The van der Waals surface area contributed by atoms with Gasteiger partial charge in [0.05, 0.1) is 17.6 Å². The molecule has 21 heavy (non-hydrogen) atoms. The van der Waals surface area contributed by atoms with E-state index in [1.807, 2.05) is 6.07 Å². The molecular formula is C17H16BrClN2. The van der Waals surface area contributed by atoms with E-state index in [1.54, 1.807) is 0 Å². The summed E-state index contributed by atoms with van der Waals surface area (Å²) in [5, 5.41) is 0. The zero-order valence-electron chi connectivity index (χ0n) is 11.8. The Kier molecular flexibility index (Phi) is 4.32. The minimum Gasteiger partial charge on any atom is -0.323 e. The lowest BCUT2D eigenvalue weighted by Crippen LogP contribution is -2.06. The second-order valence-electron chi connectivity index (χ2n) is 5.14. The van der Waals surface area contributed by atoms with Crippen molar-refractivity contribution < 1.29 is 0 Å². The first kappa shape index (κ1) is 14.6. The fraction of sp³-hybridized carbons (Fsp3) is 0.235. The molecule has 0 saturated carbocycles. The number of fused-ring (bicyclic) bond motifs is 1. The van der Waals surface area contributed by atoms with Crippen molar-refractivity contribution in [1.29, 1.82) is 0 Å². The molecule has 2 aromatic carbocycles. The summed E-state index contributed by atoms with van der Waals surface area (Å²) >= 11 is 9.56. The maximum Gasteiger partial charge on any atom is 0.111 e. The van der Waals surface area contributed by atoms with E-state index in [4.69, 9.17) is 16.6 Å². The number of hydrogen-bond donors (Lipinski definition) is 0. The molecule has 1 heterocycles. The molecule has 0 spiro atoms. The van der Waals surface area contributed by atoms with E-state index in [-0.39, 0.29) is 0 Å². The molecular weight excluding hydrogens is 348 g/mol. The van der Waals surface area contributed by atoms with Crippen molar-refractivity contribution >= 4 is 38.6 Å². The fourth-order valence-electron chi connectivity index (χ4n) is 2.53. The second kappa shape index (κ2) is 6.20. The van der Waals surface area contributed by atoms with Crippen LogP contribution in [0.25, 0.3) is 11.0 Å². The van der Waals surface area contributed by atoms with Crippen LogP contribution in [0.1, 0.15) is 17.0 Å². The normalized spacial score (nSPS) is 11.2. The molecule has 4 heteroatoms. The standard InChI is InChI=1S/C17H16BrClN2/c1-12-6-7-15-16(10-12)21(17(20-15)8-9-19)11-13-4-2-3-5-14(13)18/h2-7,10H,8-9,11H2,1H3. The lowest BCUT2D eigenvalue weighted by Gasteiger charge is -2.10. The predicted octanol–water partition coefficient (Wildman–Crippen LogP) is 4.94. The van der Waals surface area contributed by atoms with Crippen LogP contribution in [0, 0.1) is 6.92 Å². The summed E-state index contributed by atoms with van der Waals surface area (Å²) in [7, 11) is 0. The third kappa shape index (κ3) is 2.99. The molecule has 2 nitrogen and oxygen atoms in total. The summed E-state index contributed by atoms with van der Waals surface area (Å²) in [6.45, 7) is 2.91. The number of alkyl halides is 1. The number of halogens is 2. The number of aromatic nitrogens is 2. The first-order chi connectivity index (χ1) is 10.2. The summed E-state index contributed by atoms with van der Waals surface area (Å²) in [6, 6.07) is 14.7. The zero-order valence-corrected chi connectivity index (χ0v) is 14.2. The Hall–Kier alpha value is -1.32. The highest BCUT2D eigenvalue weighted by Gasteiger charge is 2.12. The fourth-order valence-corrected chi connectivity index (χ4v) is 3.11. The highest BCUT2D eigenvalue weighted by atomic mass is 79.9. The van der Waals surface area contributed by atoms with Gasteiger partial charge in [-0.3, -0.25) is 0 Å². The van der Waals surface area contributed by atoms with Crippen LogP contribution in [0.2, 0.25) is 0 Å². The molecule has 0 aliphatic rings. The van der Waals surface area contributed by atoms with Crippen molar-refractivity contribution in [2.45, 2.75) is 19.9 Å². The van der Waals surface area contributed by atoms with Gasteiger partial charge in [0.1, 0.15) is 5.82 Å². The second-order valence-corrected chi connectivity index (χ2v) is 6.37. The van der Waals surface area contributed by atoms with Crippen molar-refractivity contribution in [3.63, 3.8) is 0 Å². The van der Waals surface area contributed by atoms with Crippen LogP contribution in [0.4, 0.5) is 0 Å². The van der Waals surface area contributed by atoms with Gasteiger partial charge in [-0.1, -0.05) is 40.2 Å². The third-order valence-corrected chi connectivity index (χ3v) is 4.55. The average molecular weight is 364 g/mol. The number of imidazole rings is 1. The molecule has 0 fully saturated rings. The molecule has 0 aliphatic heterocycles. The largest absolute Gasteiger partial charge is 0.323 e. The molecule has 0 radical (unpaired) electrons. The van der Waals surface area contributed by atoms with Gasteiger partial charge in [-0.25, -0.2) is 4.98 Å². The molecule has 3 aromatic rings. The molecule has 3 rings (SSSR count). The third-order valence-electron chi connectivity index (χ3n) is 3.59. The van der Waals surface area contributed by atoms with E-state index < -0.39 is 0 Å². The summed E-state index contributed by atoms with van der Waals surface area (Å²) in [5.41, 5.74) is 4.70. The molecule has 0 atom stereocenters. The van der Waals surface area contributed by atoms with Crippen LogP contribution in [-0.2, 0) is 13.0 Å². The number of aryl methyl sites for hydroxylation is 2. The van der Waals surface area contributed by atoms with Gasteiger partial charge in [-0.05, 0) is 36.2 Å². The summed E-state index contributed by atoms with van der Waals surface area (Å²) in [6.07, 6.45) is 0.778. The number of nitrogens with zero attached hydrogens (tertiary/aromatic N) is 2. The van der Waals surface area contributed by atoms with Crippen molar-refractivity contribution in [2.24, 2.45) is 0 Å². The van der Waals surface area contributed by atoms with Crippen LogP contribution in [-0.4, -0.2) is 15.4 Å². The van der Waals surface area contributed by atoms with Gasteiger partial charge < -0.3 is 4.57 Å². The smallest absolute Gasteiger partial charge is 0.111 e. The van der Waals surface area contributed by atoms with Crippen molar-refractivity contribution in [3.8, 4) is 0 Å². The molecule has 0 saturated heterocycles. The maximum atomic E-state index is 5.94. The highest BCUT2D eigenvalue weighted by Crippen LogP contribution is 2.23. The minimum absolute atomic E-state index is 0.582. The van der Waals surface area contributed by atoms with Crippen LogP contribution in [0.3, 0.4) is 0 Å². The zero-order chi connectivity index (χ0) is 14.8. The number of rotatable bonds is 4. The Bertz CT molecular complexity index is 780. The Balaban J connectivity index is 2.12. The molecule has 0 aliphatic carbocycles. The Morgan fingerprint density at radius 1 is 1.19 bits per heavy atom. The monoisotopic (exact) mass is 362 g/mol. The summed E-state index contributed by atoms with van der Waals surface area (Å²) in [5.74, 6) is 1.62. The van der Waals surface area contributed by atoms with Gasteiger partial charge in [0, 0.05) is 16.8 Å². The van der Waals surface area contributed by atoms with E-state index >= 15 is 0 Å². The van der Waals surface area contributed by atoms with Crippen molar-refractivity contribution in [3.05, 3.63) is 63.9 Å². The predicted molar refractivity (Wildman–Crippen MR) is 92.1 cm³/mol. The quantitative estimate of drug-likeness (QED) is 0.601. The Labute approximate surface area is 137 Å². The van der Waals surface area contributed by atoms with Crippen LogP contribution < -0.4 is 0 Å². The number of hydrogen-bond acceptors (Lipinski definition) is 1. The molecule has 0 amide bonds. The average Bonchev–Trinajstić information content (AvgIpc) is 2.79. The molecule has 108 valence electrons. The van der Waals surface area contributed by atoms with E-state index in [0.717, 1.165) is 28.8 Å². The topological polar surface area (TPSA) is 17.8 Å². The van der Waals surface area contributed by atoms with E-state index in [9.17, 15) is 0 Å². The van der Waals surface area contributed by atoms with Crippen LogP contribution in [0.15, 0.2) is 46.9 Å². The summed E-state index contributed by atoms with van der Waals surface area (Å²) in [4.78, 5) is 4.73. The van der Waals surface area contributed by atoms with Gasteiger partial charge in [0.15, 0.2) is 0 Å². The van der Waals surface area contributed by atoms with Gasteiger partial charge >= 0.3 is 0 Å². The van der Waals surface area contributed by atoms with Gasteiger partial charge in [0.2, 0.25) is 0 Å². The number of benzene rings is 2. The molecule has 0 unspecified atom stereocenters. The lowest BCUT2D eigenvalue weighted by molar-refractivity contribution is 0.752. The maximum absolute atomic E-state index is 5.94. The lowest BCUT2D eigenvalue weighted by atomic mass is 10.2. The van der Waals surface area contributed by atoms with Gasteiger partial charge in [0.25, 0.3) is 0 Å². The van der Waals surface area contributed by atoms with Gasteiger partial charge in [-0.2, -0.15) is 0 Å². The van der Waals surface area contributed by atoms with Crippen molar-refractivity contribution in [2.75, 3.05) is 5.88 Å². The van der Waals surface area contributed by atoms with Crippen molar-refractivity contribution in [1.82, 2.24) is 9.55 Å². The first-order valence-electron chi connectivity index (χ1n) is 6.94. The molecule has 0 N–H and O–H groups in total. The highest BCUT2D eigenvalue weighted by molar-refractivity contribution is 9.10. The Morgan fingerprint density at radius 3 is 2.76 bits per heavy atom. The van der Waals surface area contributed by atoms with E-state index in [2.05, 4.69) is 63.8 Å². The minimum atomic E-state index is 0.582.